The number of amides is 1. The normalized spacial score (nSPS) is 16.3. The third kappa shape index (κ3) is 4.84. The molecule has 134 valence electrons. The van der Waals surface area contributed by atoms with Gasteiger partial charge in [0.05, 0.1) is 18.6 Å². The summed E-state index contributed by atoms with van der Waals surface area (Å²) in [5, 5.41) is 0. The summed E-state index contributed by atoms with van der Waals surface area (Å²) in [7, 11) is 1.92. The average Bonchev–Trinajstić information content (AvgIpc) is 3.12. The molecule has 1 aromatic carbocycles. The van der Waals surface area contributed by atoms with Gasteiger partial charge in [0.1, 0.15) is 5.75 Å². The molecule has 0 spiro atoms. The van der Waals surface area contributed by atoms with Gasteiger partial charge in [-0.25, -0.2) is 4.98 Å². The zero-order chi connectivity index (χ0) is 17.5. The van der Waals surface area contributed by atoms with E-state index in [0.717, 1.165) is 68.8 Å². The first-order valence-electron chi connectivity index (χ1n) is 9.18. The predicted octanol–water partition coefficient (Wildman–Crippen LogP) is 3.22. The van der Waals surface area contributed by atoms with E-state index in [2.05, 4.69) is 9.97 Å². The van der Waals surface area contributed by atoms with Crippen molar-refractivity contribution in [3.63, 3.8) is 0 Å². The average molecular weight is 341 g/mol. The van der Waals surface area contributed by atoms with Crippen LogP contribution in [0.3, 0.4) is 0 Å². The van der Waals surface area contributed by atoms with E-state index in [-0.39, 0.29) is 11.8 Å². The molecule has 5 heteroatoms. The summed E-state index contributed by atoms with van der Waals surface area (Å²) < 4.78 is 5.69. The molecule has 1 heterocycles. The monoisotopic (exact) mass is 341 g/mol. The number of carbonyl (C=O) groups is 1. The zero-order valence-electron chi connectivity index (χ0n) is 14.9. The lowest BCUT2D eigenvalue weighted by molar-refractivity contribution is -0.134. The minimum absolute atomic E-state index is 0.0966. The van der Waals surface area contributed by atoms with E-state index in [4.69, 9.17) is 4.74 Å². The SMILES string of the molecule is CN(CCCCCOc1ccccc1)C(=O)C1CCc2nc[nH]c2C1. The van der Waals surface area contributed by atoms with Gasteiger partial charge in [-0.1, -0.05) is 18.2 Å². The molecule has 1 N–H and O–H groups in total. The second-order valence-electron chi connectivity index (χ2n) is 6.75. The minimum atomic E-state index is 0.0966. The molecule has 0 radical (unpaired) electrons. The molecule has 0 bridgehead atoms. The molecule has 1 aliphatic rings. The number of aryl methyl sites for hydroxylation is 1. The van der Waals surface area contributed by atoms with E-state index < -0.39 is 0 Å². The van der Waals surface area contributed by atoms with Crippen molar-refractivity contribution >= 4 is 5.91 Å². The Morgan fingerprint density at radius 3 is 2.96 bits per heavy atom. The molecule has 0 fully saturated rings. The number of hydrogen-bond acceptors (Lipinski definition) is 3. The third-order valence-corrected chi connectivity index (χ3v) is 4.86. The summed E-state index contributed by atoms with van der Waals surface area (Å²) in [5.41, 5.74) is 2.26. The number of unbranched alkanes of at least 4 members (excludes halogenated alkanes) is 2. The maximum atomic E-state index is 12.6. The van der Waals surface area contributed by atoms with Crippen LogP contribution < -0.4 is 4.74 Å². The maximum Gasteiger partial charge on any atom is 0.225 e. The smallest absolute Gasteiger partial charge is 0.225 e. The fraction of sp³-hybridized carbons (Fsp3) is 0.500. The van der Waals surface area contributed by atoms with Crippen LogP contribution in [0.5, 0.6) is 5.75 Å². The molecular formula is C20H27N3O2. The van der Waals surface area contributed by atoms with Crippen molar-refractivity contribution in [1.29, 1.82) is 0 Å². The van der Waals surface area contributed by atoms with E-state index >= 15 is 0 Å². The van der Waals surface area contributed by atoms with Crippen LogP contribution in [0.2, 0.25) is 0 Å². The topological polar surface area (TPSA) is 58.2 Å². The molecule has 1 aliphatic carbocycles. The number of aromatic amines is 1. The first-order chi connectivity index (χ1) is 12.2. The Hall–Kier alpha value is -2.30. The molecule has 1 atom stereocenters. The Morgan fingerprint density at radius 2 is 2.12 bits per heavy atom. The maximum absolute atomic E-state index is 12.6. The van der Waals surface area contributed by atoms with E-state index in [0.29, 0.717) is 0 Å². The van der Waals surface area contributed by atoms with Gasteiger partial charge in [-0.05, 0) is 44.2 Å². The minimum Gasteiger partial charge on any atom is -0.494 e. The van der Waals surface area contributed by atoms with E-state index in [1.807, 2.05) is 42.3 Å². The molecule has 5 nitrogen and oxygen atoms in total. The van der Waals surface area contributed by atoms with Gasteiger partial charge in [-0.2, -0.15) is 0 Å². The van der Waals surface area contributed by atoms with Crippen LogP contribution in [0.15, 0.2) is 36.7 Å². The van der Waals surface area contributed by atoms with Crippen LogP contribution in [-0.4, -0.2) is 41.0 Å². The van der Waals surface area contributed by atoms with Gasteiger partial charge in [0, 0.05) is 31.6 Å². The molecule has 2 aromatic rings. The quantitative estimate of drug-likeness (QED) is 0.750. The van der Waals surface area contributed by atoms with Gasteiger partial charge in [-0.15, -0.1) is 0 Å². The van der Waals surface area contributed by atoms with Gasteiger partial charge in [0.15, 0.2) is 0 Å². The summed E-state index contributed by atoms with van der Waals surface area (Å²) in [4.78, 5) is 22.0. The molecule has 1 unspecified atom stereocenters. The summed E-state index contributed by atoms with van der Waals surface area (Å²) in [5.74, 6) is 1.28. The second-order valence-corrected chi connectivity index (χ2v) is 6.75. The Kier molecular flexibility index (Phi) is 6.09. The van der Waals surface area contributed by atoms with Crippen molar-refractivity contribution in [1.82, 2.24) is 14.9 Å². The largest absolute Gasteiger partial charge is 0.494 e. The highest BCUT2D eigenvalue weighted by molar-refractivity contribution is 5.79. The van der Waals surface area contributed by atoms with Crippen LogP contribution in [0.25, 0.3) is 0 Å². The predicted molar refractivity (Wildman–Crippen MR) is 97.5 cm³/mol. The lowest BCUT2D eigenvalue weighted by atomic mass is 9.89. The number of fused-ring (bicyclic) bond motifs is 1. The first-order valence-corrected chi connectivity index (χ1v) is 9.18. The molecule has 1 amide bonds. The number of rotatable bonds is 8. The van der Waals surface area contributed by atoms with Crippen LogP contribution >= 0.6 is 0 Å². The van der Waals surface area contributed by atoms with E-state index in [1.165, 1.54) is 0 Å². The number of benzene rings is 1. The molecule has 1 aromatic heterocycles. The number of nitrogens with one attached hydrogen (secondary N) is 1. The number of para-hydroxylation sites is 1. The highest BCUT2D eigenvalue weighted by Gasteiger charge is 2.27. The fourth-order valence-electron chi connectivity index (χ4n) is 3.37. The van der Waals surface area contributed by atoms with Crippen LogP contribution in [0.4, 0.5) is 0 Å². The Balaban J connectivity index is 1.31. The van der Waals surface area contributed by atoms with Gasteiger partial charge in [0.25, 0.3) is 0 Å². The van der Waals surface area contributed by atoms with Gasteiger partial charge in [0.2, 0.25) is 5.91 Å². The Morgan fingerprint density at radius 1 is 1.28 bits per heavy atom. The second kappa shape index (κ2) is 8.70. The number of hydrogen-bond donors (Lipinski definition) is 1. The highest BCUT2D eigenvalue weighted by atomic mass is 16.5. The molecular weight excluding hydrogens is 314 g/mol. The van der Waals surface area contributed by atoms with Crippen LogP contribution in [0.1, 0.15) is 37.1 Å². The summed E-state index contributed by atoms with van der Waals surface area (Å²) >= 11 is 0. The number of imidazole rings is 1. The van der Waals surface area contributed by atoms with Gasteiger partial charge in [-0.3, -0.25) is 4.79 Å². The van der Waals surface area contributed by atoms with Crippen molar-refractivity contribution in [3.05, 3.63) is 48.0 Å². The number of carbonyl (C=O) groups excluding carboxylic acids is 1. The lowest BCUT2D eigenvalue weighted by Gasteiger charge is -2.26. The van der Waals surface area contributed by atoms with E-state index in [9.17, 15) is 4.79 Å². The Labute approximate surface area is 149 Å². The van der Waals surface area contributed by atoms with Crippen molar-refractivity contribution in [2.24, 2.45) is 5.92 Å². The van der Waals surface area contributed by atoms with Crippen molar-refractivity contribution in [2.45, 2.75) is 38.5 Å². The third-order valence-electron chi connectivity index (χ3n) is 4.86. The summed E-state index contributed by atoms with van der Waals surface area (Å²) in [6.45, 7) is 1.55. The van der Waals surface area contributed by atoms with Crippen molar-refractivity contribution in [2.75, 3.05) is 20.2 Å². The molecule has 0 saturated heterocycles. The zero-order valence-corrected chi connectivity index (χ0v) is 14.9. The number of aromatic nitrogens is 2. The number of nitrogens with zero attached hydrogens (tertiary/aromatic N) is 2. The number of ether oxygens (including phenoxy) is 1. The summed E-state index contributed by atoms with van der Waals surface area (Å²) in [6, 6.07) is 9.89. The first kappa shape index (κ1) is 17.5. The van der Waals surface area contributed by atoms with Gasteiger partial charge >= 0.3 is 0 Å². The fourth-order valence-corrected chi connectivity index (χ4v) is 3.37. The standard InChI is InChI=1S/C20H27N3O2/c1-23(12-6-3-7-13-25-17-8-4-2-5-9-17)20(24)16-10-11-18-19(14-16)22-15-21-18/h2,4-5,8-9,15-16H,3,6-7,10-14H2,1H3,(H,21,22). The van der Waals surface area contributed by atoms with Gasteiger partial charge < -0.3 is 14.6 Å². The van der Waals surface area contributed by atoms with Crippen molar-refractivity contribution in [3.8, 4) is 5.75 Å². The van der Waals surface area contributed by atoms with Crippen LogP contribution in [-0.2, 0) is 17.6 Å². The molecule has 0 aliphatic heterocycles. The summed E-state index contributed by atoms with van der Waals surface area (Å²) in [6.07, 6.45) is 7.44. The molecule has 3 rings (SSSR count). The molecule has 0 saturated carbocycles. The molecule has 25 heavy (non-hydrogen) atoms. The Bertz CT molecular complexity index is 669. The van der Waals surface area contributed by atoms with E-state index in [1.54, 1.807) is 6.33 Å². The van der Waals surface area contributed by atoms with Crippen molar-refractivity contribution < 1.29 is 9.53 Å². The van der Waals surface area contributed by atoms with Crippen LogP contribution in [0, 0.1) is 5.92 Å². The highest BCUT2D eigenvalue weighted by Crippen LogP contribution is 2.24. The lowest BCUT2D eigenvalue weighted by Crippen LogP contribution is -2.36. The number of H-pyrrole nitrogens is 1.